The highest BCUT2D eigenvalue weighted by molar-refractivity contribution is 5.79. The summed E-state index contributed by atoms with van der Waals surface area (Å²) < 4.78 is 0. The van der Waals surface area contributed by atoms with Gasteiger partial charge in [-0.25, -0.2) is 0 Å². The van der Waals surface area contributed by atoms with Crippen LogP contribution in [-0.4, -0.2) is 18.9 Å². The monoisotopic (exact) mass is 243 g/mol. The van der Waals surface area contributed by atoms with Crippen molar-refractivity contribution < 1.29 is 4.79 Å². The standard InChI is InChI=1S/C16H21NO/c18-15(8-12-10-17-11-12)9-14-6-3-5-13-4-1-2-7-16(13)14/h1-2,4,7,12,14,17H,3,5-6,8-11H2. The third-order valence-corrected chi connectivity index (χ3v) is 4.35. The van der Waals surface area contributed by atoms with Crippen molar-refractivity contribution in [3.63, 3.8) is 0 Å². The van der Waals surface area contributed by atoms with Crippen LogP contribution in [0.5, 0.6) is 0 Å². The summed E-state index contributed by atoms with van der Waals surface area (Å²) in [6.45, 7) is 2.07. The minimum atomic E-state index is 0.461. The van der Waals surface area contributed by atoms with Gasteiger partial charge in [-0.1, -0.05) is 24.3 Å². The van der Waals surface area contributed by atoms with Gasteiger partial charge in [0.2, 0.25) is 0 Å². The van der Waals surface area contributed by atoms with E-state index in [1.807, 2.05) is 0 Å². The van der Waals surface area contributed by atoms with Crippen molar-refractivity contribution >= 4 is 5.78 Å². The number of fused-ring (bicyclic) bond motifs is 1. The minimum absolute atomic E-state index is 0.461. The van der Waals surface area contributed by atoms with E-state index in [1.54, 1.807) is 0 Å². The van der Waals surface area contributed by atoms with Gasteiger partial charge in [0.05, 0.1) is 0 Å². The number of carbonyl (C=O) groups excluding carboxylic acids is 1. The summed E-state index contributed by atoms with van der Waals surface area (Å²) in [7, 11) is 0. The molecule has 1 aromatic rings. The Kier molecular flexibility index (Phi) is 3.46. The second-order valence-corrected chi connectivity index (χ2v) is 5.76. The normalized spacial score (nSPS) is 23.2. The van der Waals surface area contributed by atoms with Crippen LogP contribution >= 0.6 is 0 Å². The highest BCUT2D eigenvalue weighted by Crippen LogP contribution is 2.34. The minimum Gasteiger partial charge on any atom is -0.316 e. The number of ketones is 1. The van der Waals surface area contributed by atoms with Gasteiger partial charge < -0.3 is 5.32 Å². The second kappa shape index (κ2) is 5.23. The zero-order valence-corrected chi connectivity index (χ0v) is 10.8. The van der Waals surface area contributed by atoms with Crippen LogP contribution in [0.15, 0.2) is 24.3 Å². The number of hydrogen-bond donors (Lipinski definition) is 1. The number of nitrogens with one attached hydrogen (secondary N) is 1. The first kappa shape index (κ1) is 11.9. The average molecular weight is 243 g/mol. The maximum Gasteiger partial charge on any atom is 0.133 e. The number of Topliss-reactive ketones (excluding diaryl/α,β-unsaturated/α-hetero) is 1. The summed E-state index contributed by atoms with van der Waals surface area (Å²) in [5.41, 5.74) is 2.90. The lowest BCUT2D eigenvalue weighted by Crippen LogP contribution is -2.43. The summed E-state index contributed by atoms with van der Waals surface area (Å²) in [4.78, 5) is 12.1. The van der Waals surface area contributed by atoms with E-state index in [0.29, 0.717) is 17.6 Å². The largest absolute Gasteiger partial charge is 0.316 e. The predicted molar refractivity (Wildman–Crippen MR) is 72.7 cm³/mol. The van der Waals surface area contributed by atoms with Crippen molar-refractivity contribution in [2.45, 2.75) is 38.0 Å². The smallest absolute Gasteiger partial charge is 0.133 e. The Bertz CT molecular complexity index is 436. The molecule has 0 saturated carbocycles. The van der Waals surface area contributed by atoms with E-state index in [-0.39, 0.29) is 0 Å². The second-order valence-electron chi connectivity index (χ2n) is 5.76. The average Bonchev–Trinajstić information content (AvgIpc) is 2.34. The molecular formula is C16H21NO. The molecule has 2 nitrogen and oxygen atoms in total. The van der Waals surface area contributed by atoms with Crippen LogP contribution < -0.4 is 5.32 Å². The molecule has 3 rings (SSSR count). The van der Waals surface area contributed by atoms with Crippen molar-refractivity contribution in [3.05, 3.63) is 35.4 Å². The van der Waals surface area contributed by atoms with Gasteiger partial charge in [0, 0.05) is 12.8 Å². The molecular weight excluding hydrogens is 222 g/mol. The molecule has 1 aliphatic carbocycles. The van der Waals surface area contributed by atoms with Crippen LogP contribution in [0.2, 0.25) is 0 Å². The Hall–Kier alpha value is -1.15. The highest BCUT2D eigenvalue weighted by atomic mass is 16.1. The molecule has 1 fully saturated rings. The molecule has 96 valence electrons. The summed E-state index contributed by atoms with van der Waals surface area (Å²) >= 11 is 0. The van der Waals surface area contributed by atoms with Crippen LogP contribution in [0.4, 0.5) is 0 Å². The fourth-order valence-corrected chi connectivity index (χ4v) is 3.24. The lowest BCUT2D eigenvalue weighted by Gasteiger charge is -2.28. The Morgan fingerprint density at radius 3 is 2.83 bits per heavy atom. The van der Waals surface area contributed by atoms with Gasteiger partial charge in [-0.3, -0.25) is 4.79 Å². The van der Waals surface area contributed by atoms with Crippen LogP contribution in [0.1, 0.15) is 42.7 Å². The molecule has 2 aliphatic rings. The number of hydrogen-bond acceptors (Lipinski definition) is 2. The maximum absolute atomic E-state index is 12.1. The van der Waals surface area contributed by atoms with Crippen molar-refractivity contribution in [1.29, 1.82) is 0 Å². The maximum atomic E-state index is 12.1. The van der Waals surface area contributed by atoms with E-state index in [1.165, 1.54) is 30.4 Å². The first-order valence-electron chi connectivity index (χ1n) is 7.13. The fraction of sp³-hybridized carbons (Fsp3) is 0.562. The molecule has 0 radical (unpaired) electrons. The van der Waals surface area contributed by atoms with Crippen LogP contribution in [0, 0.1) is 5.92 Å². The third kappa shape index (κ3) is 2.49. The van der Waals surface area contributed by atoms with Crippen LogP contribution in [0.25, 0.3) is 0 Å². The van der Waals surface area contributed by atoms with Crippen LogP contribution in [0.3, 0.4) is 0 Å². The lowest BCUT2D eigenvalue weighted by atomic mass is 9.79. The van der Waals surface area contributed by atoms with Crippen LogP contribution in [-0.2, 0) is 11.2 Å². The molecule has 1 aliphatic heterocycles. The first-order valence-corrected chi connectivity index (χ1v) is 7.13. The zero-order valence-electron chi connectivity index (χ0n) is 10.8. The molecule has 0 bridgehead atoms. The van der Waals surface area contributed by atoms with Gasteiger partial charge in [0.15, 0.2) is 0 Å². The molecule has 0 aromatic heterocycles. The molecule has 2 heteroatoms. The van der Waals surface area contributed by atoms with Crippen molar-refractivity contribution in [2.75, 3.05) is 13.1 Å². The zero-order chi connectivity index (χ0) is 12.4. The Morgan fingerprint density at radius 2 is 2.06 bits per heavy atom. The molecule has 1 aromatic carbocycles. The molecule has 18 heavy (non-hydrogen) atoms. The fourth-order valence-electron chi connectivity index (χ4n) is 3.24. The van der Waals surface area contributed by atoms with Gasteiger partial charge >= 0.3 is 0 Å². The Morgan fingerprint density at radius 1 is 1.22 bits per heavy atom. The summed E-state index contributed by atoms with van der Waals surface area (Å²) in [6.07, 6.45) is 5.15. The third-order valence-electron chi connectivity index (χ3n) is 4.35. The first-order chi connectivity index (χ1) is 8.83. The molecule has 0 amide bonds. The Balaban J connectivity index is 1.64. The highest BCUT2D eigenvalue weighted by Gasteiger charge is 2.25. The van der Waals surface area contributed by atoms with Gasteiger partial charge in [0.25, 0.3) is 0 Å². The molecule has 1 heterocycles. The van der Waals surface area contributed by atoms with E-state index in [2.05, 4.69) is 29.6 Å². The Labute approximate surface area is 109 Å². The van der Waals surface area contributed by atoms with Crippen molar-refractivity contribution in [3.8, 4) is 0 Å². The molecule has 0 spiro atoms. The number of benzene rings is 1. The topological polar surface area (TPSA) is 29.1 Å². The van der Waals surface area contributed by atoms with Gasteiger partial charge in [0.1, 0.15) is 5.78 Å². The van der Waals surface area contributed by atoms with E-state index < -0.39 is 0 Å². The van der Waals surface area contributed by atoms with E-state index >= 15 is 0 Å². The quantitative estimate of drug-likeness (QED) is 0.881. The summed E-state index contributed by atoms with van der Waals surface area (Å²) in [6, 6.07) is 8.67. The van der Waals surface area contributed by atoms with E-state index in [9.17, 15) is 4.79 Å². The SMILES string of the molecule is O=C(CC1CNC1)CC1CCCc2ccccc21. The summed E-state index contributed by atoms with van der Waals surface area (Å²) in [5, 5.41) is 3.23. The van der Waals surface area contributed by atoms with Gasteiger partial charge in [-0.2, -0.15) is 0 Å². The lowest BCUT2D eigenvalue weighted by molar-refractivity contribution is -0.120. The van der Waals surface area contributed by atoms with Gasteiger partial charge in [-0.15, -0.1) is 0 Å². The molecule has 1 saturated heterocycles. The molecule has 1 unspecified atom stereocenters. The number of aryl methyl sites for hydroxylation is 1. The number of carbonyl (C=O) groups is 1. The molecule has 1 atom stereocenters. The van der Waals surface area contributed by atoms with E-state index in [0.717, 1.165) is 25.9 Å². The van der Waals surface area contributed by atoms with Crippen molar-refractivity contribution in [2.24, 2.45) is 5.92 Å². The predicted octanol–water partition coefficient (Wildman–Crippen LogP) is 2.68. The van der Waals surface area contributed by atoms with Gasteiger partial charge in [-0.05, 0) is 55.3 Å². The van der Waals surface area contributed by atoms with E-state index in [4.69, 9.17) is 0 Å². The summed E-state index contributed by atoms with van der Waals surface area (Å²) in [5.74, 6) is 1.55. The molecule has 1 N–H and O–H groups in total. The van der Waals surface area contributed by atoms with Crippen molar-refractivity contribution in [1.82, 2.24) is 5.32 Å². The number of rotatable bonds is 4.